The van der Waals surface area contributed by atoms with Crippen LogP contribution in [0.4, 0.5) is 0 Å². The van der Waals surface area contributed by atoms with E-state index in [0.717, 1.165) is 5.57 Å². The van der Waals surface area contributed by atoms with Crippen LogP contribution in [0.15, 0.2) is 34.1 Å². The van der Waals surface area contributed by atoms with E-state index in [1.165, 1.54) is 5.57 Å². The van der Waals surface area contributed by atoms with Crippen molar-refractivity contribution in [2.75, 3.05) is 0 Å². The molecule has 12 heavy (non-hydrogen) atoms. The second-order valence-electron chi connectivity index (χ2n) is 4.07. The molecule has 1 heteroatoms. The zero-order chi connectivity index (χ0) is 9.19. The van der Waals surface area contributed by atoms with E-state index in [1.54, 1.807) is 0 Å². The molecule has 0 aromatic carbocycles. The topological polar surface area (TPSA) is 12.4 Å². The molecule has 0 fully saturated rings. The van der Waals surface area contributed by atoms with Gasteiger partial charge in [-0.15, -0.1) is 5.73 Å². The first-order chi connectivity index (χ1) is 5.50. The molecule has 0 saturated carbocycles. The van der Waals surface area contributed by atoms with Gasteiger partial charge in [-0.05, 0) is 18.4 Å². The molecule has 0 aromatic heterocycles. The van der Waals surface area contributed by atoms with Crippen LogP contribution in [0.3, 0.4) is 0 Å². The van der Waals surface area contributed by atoms with Gasteiger partial charge in [-0.2, -0.15) is 0 Å². The maximum atomic E-state index is 4.09. The van der Waals surface area contributed by atoms with Crippen LogP contribution >= 0.6 is 0 Å². The number of rotatable bonds is 0. The van der Waals surface area contributed by atoms with Crippen molar-refractivity contribution in [3.63, 3.8) is 0 Å². The summed E-state index contributed by atoms with van der Waals surface area (Å²) in [5, 5.41) is 0. The van der Waals surface area contributed by atoms with Crippen LogP contribution < -0.4 is 0 Å². The summed E-state index contributed by atoms with van der Waals surface area (Å²) in [4.78, 5) is 4.09. The van der Waals surface area contributed by atoms with Crippen LogP contribution in [0.25, 0.3) is 0 Å². The maximum absolute atomic E-state index is 4.09. The first kappa shape index (κ1) is 9.02. The van der Waals surface area contributed by atoms with Gasteiger partial charge in [0.05, 0.1) is 0 Å². The number of nitrogens with zero attached hydrogens (tertiary/aromatic N) is 1. The molecule has 0 N–H and O–H groups in total. The van der Waals surface area contributed by atoms with Gasteiger partial charge in [-0.1, -0.05) is 20.8 Å². The summed E-state index contributed by atoms with van der Waals surface area (Å²) in [5.41, 5.74) is 5.77. The Morgan fingerprint density at radius 3 is 2.58 bits per heavy atom. The van der Waals surface area contributed by atoms with Gasteiger partial charge in [0.25, 0.3) is 0 Å². The van der Waals surface area contributed by atoms with E-state index in [9.17, 15) is 0 Å². The highest BCUT2D eigenvalue weighted by Gasteiger charge is 2.14. The number of hydrogen-bond donors (Lipinski definition) is 0. The number of hydrogen-bond acceptors (Lipinski definition) is 1. The van der Waals surface area contributed by atoms with Crippen LogP contribution in [0.5, 0.6) is 0 Å². The molecule has 1 aliphatic heterocycles. The Morgan fingerprint density at radius 2 is 2.00 bits per heavy atom. The van der Waals surface area contributed by atoms with E-state index in [1.807, 2.05) is 25.4 Å². The fourth-order valence-corrected chi connectivity index (χ4v) is 0.996. The summed E-state index contributed by atoms with van der Waals surface area (Å²) < 4.78 is 0. The predicted molar refractivity (Wildman–Crippen MR) is 53.3 cm³/mol. The average Bonchev–Trinajstić information content (AvgIpc) is 2.11. The van der Waals surface area contributed by atoms with Gasteiger partial charge in [-0.3, -0.25) is 4.99 Å². The van der Waals surface area contributed by atoms with Gasteiger partial charge >= 0.3 is 0 Å². The summed E-state index contributed by atoms with van der Waals surface area (Å²) in [5.74, 6) is 0. The first-order valence-corrected chi connectivity index (χ1v) is 4.18. The van der Waals surface area contributed by atoms with Crippen molar-refractivity contribution in [2.45, 2.75) is 27.7 Å². The molecule has 1 rings (SSSR count). The Hall–Kier alpha value is -1.07. The van der Waals surface area contributed by atoms with Gasteiger partial charge in [-0.25, -0.2) is 0 Å². The van der Waals surface area contributed by atoms with Crippen molar-refractivity contribution >= 4 is 6.21 Å². The van der Waals surface area contributed by atoms with E-state index in [2.05, 4.69) is 31.5 Å². The highest BCUT2D eigenvalue weighted by atomic mass is 14.7. The molecule has 0 aromatic rings. The second-order valence-corrected chi connectivity index (χ2v) is 4.07. The first-order valence-electron chi connectivity index (χ1n) is 4.18. The molecule has 0 unspecified atom stereocenters. The minimum absolute atomic E-state index is 0.158. The van der Waals surface area contributed by atoms with E-state index in [-0.39, 0.29) is 5.41 Å². The lowest BCUT2D eigenvalue weighted by Gasteiger charge is -2.17. The van der Waals surface area contributed by atoms with Crippen LogP contribution in [-0.4, -0.2) is 6.21 Å². The fraction of sp³-hybridized carbons (Fsp3) is 0.455. The molecule has 1 aliphatic rings. The summed E-state index contributed by atoms with van der Waals surface area (Å²) in [6, 6.07) is 0. The molecule has 0 spiro atoms. The normalized spacial score (nSPS) is 17.0. The van der Waals surface area contributed by atoms with Gasteiger partial charge < -0.3 is 0 Å². The highest BCUT2D eigenvalue weighted by Crippen LogP contribution is 2.26. The molecule has 0 bridgehead atoms. The van der Waals surface area contributed by atoms with Crippen molar-refractivity contribution in [3.05, 3.63) is 29.2 Å². The lowest BCUT2D eigenvalue weighted by molar-refractivity contribution is 0.518. The third-order valence-electron chi connectivity index (χ3n) is 1.74. The van der Waals surface area contributed by atoms with Gasteiger partial charge in [0.1, 0.15) is 0 Å². The van der Waals surface area contributed by atoms with E-state index < -0.39 is 0 Å². The quantitative estimate of drug-likeness (QED) is 0.484. The van der Waals surface area contributed by atoms with E-state index in [4.69, 9.17) is 0 Å². The standard InChI is InChI=1S/C11H15N/c1-9-7-10(11(2,3)4)5-6-12-8-9/h5-6,8H,1-4H3. The third-order valence-corrected chi connectivity index (χ3v) is 1.74. The van der Waals surface area contributed by atoms with Crippen molar-refractivity contribution in [3.8, 4) is 0 Å². The minimum Gasteiger partial charge on any atom is -0.264 e. The Bertz CT molecular complexity index is 291. The molecule has 0 saturated heterocycles. The molecular weight excluding hydrogens is 146 g/mol. The van der Waals surface area contributed by atoms with Gasteiger partial charge in [0.2, 0.25) is 0 Å². The minimum atomic E-state index is 0.158. The Kier molecular flexibility index (Phi) is 2.35. The lowest BCUT2D eigenvalue weighted by atomic mass is 9.87. The van der Waals surface area contributed by atoms with Gasteiger partial charge in [0.15, 0.2) is 0 Å². The van der Waals surface area contributed by atoms with E-state index in [0.29, 0.717) is 0 Å². The smallest absolute Gasteiger partial charge is 0.0374 e. The number of allylic oxidation sites excluding steroid dienone is 2. The zero-order valence-electron chi connectivity index (χ0n) is 8.18. The van der Waals surface area contributed by atoms with Crippen LogP contribution in [0.2, 0.25) is 0 Å². The molecule has 64 valence electrons. The monoisotopic (exact) mass is 161 g/mol. The van der Waals surface area contributed by atoms with Crippen molar-refractivity contribution in [1.82, 2.24) is 0 Å². The predicted octanol–water partition coefficient (Wildman–Crippen LogP) is 3.10. The van der Waals surface area contributed by atoms with Crippen LogP contribution in [0, 0.1) is 5.41 Å². The Labute approximate surface area is 74.2 Å². The van der Waals surface area contributed by atoms with Gasteiger partial charge in [0, 0.05) is 23.6 Å². The summed E-state index contributed by atoms with van der Waals surface area (Å²) >= 11 is 0. The van der Waals surface area contributed by atoms with Crippen LogP contribution in [-0.2, 0) is 0 Å². The molecule has 0 radical (unpaired) electrons. The third kappa shape index (κ3) is 2.21. The Morgan fingerprint density at radius 1 is 1.33 bits per heavy atom. The highest BCUT2D eigenvalue weighted by molar-refractivity contribution is 5.78. The molecule has 0 aliphatic carbocycles. The Balaban J connectivity index is 3.14. The SMILES string of the molecule is CC1=C=C(C(C)(C)C)C=CN=C1. The summed E-state index contributed by atoms with van der Waals surface area (Å²) in [7, 11) is 0. The zero-order valence-corrected chi connectivity index (χ0v) is 8.18. The molecule has 1 nitrogen and oxygen atoms in total. The van der Waals surface area contributed by atoms with Crippen LogP contribution in [0.1, 0.15) is 27.7 Å². The number of aliphatic imine (C=N–C) groups is 1. The average molecular weight is 161 g/mol. The maximum Gasteiger partial charge on any atom is 0.0374 e. The fourth-order valence-electron chi connectivity index (χ4n) is 0.996. The second kappa shape index (κ2) is 3.12. The van der Waals surface area contributed by atoms with Crippen molar-refractivity contribution < 1.29 is 0 Å². The largest absolute Gasteiger partial charge is 0.264 e. The summed E-state index contributed by atoms with van der Waals surface area (Å²) in [6.07, 6.45) is 5.67. The molecular formula is C11H15N. The van der Waals surface area contributed by atoms with Crippen molar-refractivity contribution in [1.29, 1.82) is 0 Å². The van der Waals surface area contributed by atoms with Crippen molar-refractivity contribution in [2.24, 2.45) is 10.4 Å². The lowest BCUT2D eigenvalue weighted by Crippen LogP contribution is -2.06. The van der Waals surface area contributed by atoms with E-state index >= 15 is 0 Å². The molecule has 0 amide bonds. The molecule has 1 heterocycles. The summed E-state index contributed by atoms with van der Waals surface area (Å²) in [6.45, 7) is 8.55. The molecule has 0 atom stereocenters.